The molecule has 0 aliphatic carbocycles. The average molecular weight is 296 g/mol. The Kier molecular flexibility index (Phi) is 5.83. The second-order valence-corrected chi connectivity index (χ2v) is 4.59. The molecule has 0 aliphatic heterocycles. The van der Waals surface area contributed by atoms with Gasteiger partial charge in [0, 0.05) is 20.1 Å². The van der Waals surface area contributed by atoms with E-state index >= 15 is 0 Å². The van der Waals surface area contributed by atoms with E-state index < -0.39 is 11.6 Å². The number of hydrogen-bond acceptors (Lipinski definition) is 4. The van der Waals surface area contributed by atoms with E-state index in [2.05, 4.69) is 10.3 Å². The lowest BCUT2D eigenvalue weighted by Gasteiger charge is -2.02. The summed E-state index contributed by atoms with van der Waals surface area (Å²) >= 11 is 0. The highest BCUT2D eigenvalue weighted by Gasteiger charge is 2.12. The maximum atomic E-state index is 13.6. The van der Waals surface area contributed by atoms with Crippen LogP contribution in [-0.2, 0) is 11.2 Å². The average Bonchev–Trinajstić information content (AvgIpc) is 2.94. The van der Waals surface area contributed by atoms with Gasteiger partial charge in [-0.15, -0.1) is 0 Å². The van der Waals surface area contributed by atoms with E-state index in [1.807, 2.05) is 0 Å². The molecule has 1 aromatic heterocycles. The zero-order valence-electron chi connectivity index (χ0n) is 11.9. The molecule has 1 aromatic carbocycles. The topological polar surface area (TPSA) is 47.3 Å². The van der Waals surface area contributed by atoms with Crippen LogP contribution >= 0.6 is 0 Å². The van der Waals surface area contributed by atoms with Crippen molar-refractivity contribution in [2.45, 2.75) is 12.8 Å². The van der Waals surface area contributed by atoms with Gasteiger partial charge in [0.1, 0.15) is 11.6 Å². The van der Waals surface area contributed by atoms with Crippen LogP contribution in [0.5, 0.6) is 0 Å². The smallest absolute Gasteiger partial charge is 0.194 e. The molecule has 0 radical (unpaired) electrons. The predicted molar refractivity (Wildman–Crippen MR) is 74.9 cm³/mol. The van der Waals surface area contributed by atoms with Crippen LogP contribution in [0, 0.1) is 11.6 Å². The van der Waals surface area contributed by atoms with Crippen LogP contribution in [0.2, 0.25) is 0 Å². The first-order valence-corrected chi connectivity index (χ1v) is 6.80. The highest BCUT2D eigenvalue weighted by Crippen LogP contribution is 2.24. The number of aromatic nitrogens is 1. The molecule has 4 nitrogen and oxygen atoms in total. The molecular weight excluding hydrogens is 278 g/mol. The molecule has 1 heterocycles. The lowest BCUT2D eigenvalue weighted by molar-refractivity contribution is 0.199. The minimum Gasteiger partial charge on any atom is -0.441 e. The second kappa shape index (κ2) is 7.85. The van der Waals surface area contributed by atoms with Crippen LogP contribution in [0.25, 0.3) is 11.3 Å². The van der Waals surface area contributed by atoms with Crippen molar-refractivity contribution >= 4 is 0 Å². The quantitative estimate of drug-likeness (QED) is 0.761. The number of aryl methyl sites for hydroxylation is 1. The summed E-state index contributed by atoms with van der Waals surface area (Å²) in [5.41, 5.74) is 0.0898. The monoisotopic (exact) mass is 296 g/mol. The molecule has 2 rings (SSSR count). The molecule has 0 saturated carbocycles. The Labute approximate surface area is 122 Å². The molecule has 114 valence electrons. The summed E-state index contributed by atoms with van der Waals surface area (Å²) in [6, 6.07) is 3.25. The zero-order valence-corrected chi connectivity index (χ0v) is 11.9. The summed E-state index contributed by atoms with van der Waals surface area (Å²) in [7, 11) is 1.65. The fourth-order valence-electron chi connectivity index (χ4n) is 1.90. The minimum atomic E-state index is -0.527. The standard InChI is InChI=1S/C15H18F2N2O2/c1-20-8-7-18-6-2-3-15-19-10-14(21-15)12-9-11(16)4-5-13(12)17/h4-5,9-10,18H,2-3,6-8H2,1H3. The molecule has 0 spiro atoms. The first-order valence-electron chi connectivity index (χ1n) is 6.80. The third-order valence-electron chi connectivity index (χ3n) is 2.97. The van der Waals surface area contributed by atoms with Crippen molar-refractivity contribution in [1.29, 1.82) is 0 Å². The highest BCUT2D eigenvalue weighted by atomic mass is 19.1. The number of oxazole rings is 1. The molecule has 0 amide bonds. The lowest BCUT2D eigenvalue weighted by atomic mass is 10.2. The SMILES string of the molecule is COCCNCCCc1ncc(-c2cc(F)ccc2F)o1. The Bertz CT molecular complexity index is 573. The maximum Gasteiger partial charge on any atom is 0.194 e. The van der Waals surface area contributed by atoms with E-state index in [0.717, 1.165) is 37.7 Å². The van der Waals surface area contributed by atoms with Gasteiger partial charge in [-0.2, -0.15) is 0 Å². The van der Waals surface area contributed by atoms with E-state index in [1.165, 1.54) is 6.20 Å². The van der Waals surface area contributed by atoms with Crippen molar-refractivity contribution < 1.29 is 17.9 Å². The van der Waals surface area contributed by atoms with Crippen LogP contribution in [-0.4, -0.2) is 31.8 Å². The first-order chi connectivity index (χ1) is 10.2. The predicted octanol–water partition coefficient (Wildman–Crippen LogP) is 2.79. The van der Waals surface area contributed by atoms with Gasteiger partial charge in [-0.3, -0.25) is 0 Å². The number of rotatable bonds is 8. The molecule has 0 atom stereocenters. The van der Waals surface area contributed by atoms with E-state index in [1.54, 1.807) is 7.11 Å². The number of methoxy groups -OCH3 is 1. The minimum absolute atomic E-state index is 0.0898. The van der Waals surface area contributed by atoms with Crippen molar-refractivity contribution in [2.24, 2.45) is 0 Å². The van der Waals surface area contributed by atoms with Crippen molar-refractivity contribution in [3.63, 3.8) is 0 Å². The van der Waals surface area contributed by atoms with Gasteiger partial charge >= 0.3 is 0 Å². The number of benzene rings is 1. The molecule has 0 fully saturated rings. The number of nitrogens with zero attached hydrogens (tertiary/aromatic N) is 1. The summed E-state index contributed by atoms with van der Waals surface area (Å²) in [5.74, 6) is -0.274. The molecule has 21 heavy (non-hydrogen) atoms. The van der Waals surface area contributed by atoms with Gasteiger partial charge in [0.2, 0.25) is 0 Å². The Hall–Kier alpha value is -1.79. The first kappa shape index (κ1) is 15.6. The Morgan fingerprint density at radius 1 is 1.29 bits per heavy atom. The third kappa shape index (κ3) is 4.61. The number of hydrogen-bond donors (Lipinski definition) is 1. The normalized spacial score (nSPS) is 11.0. The summed E-state index contributed by atoms with van der Waals surface area (Å²) in [6.45, 7) is 2.28. The van der Waals surface area contributed by atoms with Gasteiger partial charge in [-0.25, -0.2) is 13.8 Å². The van der Waals surface area contributed by atoms with Crippen LogP contribution < -0.4 is 5.32 Å². The zero-order chi connectivity index (χ0) is 15.1. The Morgan fingerprint density at radius 3 is 2.95 bits per heavy atom. The van der Waals surface area contributed by atoms with Crippen molar-refractivity contribution in [1.82, 2.24) is 10.3 Å². The highest BCUT2D eigenvalue weighted by molar-refractivity contribution is 5.57. The molecular formula is C15H18F2N2O2. The van der Waals surface area contributed by atoms with Gasteiger partial charge < -0.3 is 14.5 Å². The van der Waals surface area contributed by atoms with Crippen molar-refractivity contribution in [2.75, 3.05) is 26.8 Å². The summed E-state index contributed by atoms with van der Waals surface area (Å²) in [6.07, 6.45) is 2.90. The Morgan fingerprint density at radius 2 is 2.14 bits per heavy atom. The largest absolute Gasteiger partial charge is 0.441 e. The van der Waals surface area contributed by atoms with E-state index in [0.29, 0.717) is 18.9 Å². The molecule has 0 aliphatic rings. The molecule has 2 aromatic rings. The molecule has 0 unspecified atom stereocenters. The molecule has 6 heteroatoms. The fraction of sp³-hybridized carbons (Fsp3) is 0.400. The lowest BCUT2D eigenvalue weighted by Crippen LogP contribution is -2.20. The summed E-state index contributed by atoms with van der Waals surface area (Å²) < 4.78 is 37.1. The van der Waals surface area contributed by atoms with Crippen LogP contribution in [0.15, 0.2) is 28.8 Å². The summed E-state index contributed by atoms with van der Waals surface area (Å²) in [4.78, 5) is 4.09. The van der Waals surface area contributed by atoms with Gasteiger partial charge in [-0.05, 0) is 31.2 Å². The number of nitrogens with one attached hydrogen (secondary N) is 1. The third-order valence-corrected chi connectivity index (χ3v) is 2.97. The van der Waals surface area contributed by atoms with Gasteiger partial charge in [-0.1, -0.05) is 0 Å². The van der Waals surface area contributed by atoms with Crippen LogP contribution in [0.1, 0.15) is 12.3 Å². The maximum absolute atomic E-state index is 13.6. The number of ether oxygens (including phenoxy) is 1. The van der Waals surface area contributed by atoms with Gasteiger partial charge in [0.25, 0.3) is 0 Å². The fourth-order valence-corrected chi connectivity index (χ4v) is 1.90. The van der Waals surface area contributed by atoms with Crippen molar-refractivity contribution in [3.05, 3.63) is 41.9 Å². The van der Waals surface area contributed by atoms with Gasteiger partial charge in [0.15, 0.2) is 11.7 Å². The van der Waals surface area contributed by atoms with E-state index in [4.69, 9.17) is 9.15 Å². The van der Waals surface area contributed by atoms with E-state index in [9.17, 15) is 8.78 Å². The molecule has 0 saturated heterocycles. The Balaban J connectivity index is 1.88. The summed E-state index contributed by atoms with van der Waals surface area (Å²) in [5, 5.41) is 3.21. The second-order valence-electron chi connectivity index (χ2n) is 4.59. The molecule has 0 bridgehead atoms. The van der Waals surface area contributed by atoms with Gasteiger partial charge in [0.05, 0.1) is 18.4 Å². The van der Waals surface area contributed by atoms with Crippen LogP contribution in [0.4, 0.5) is 8.78 Å². The van der Waals surface area contributed by atoms with Crippen molar-refractivity contribution in [3.8, 4) is 11.3 Å². The number of halogens is 2. The van der Waals surface area contributed by atoms with Crippen LogP contribution in [0.3, 0.4) is 0 Å². The molecule has 1 N–H and O–H groups in total. The van der Waals surface area contributed by atoms with E-state index in [-0.39, 0.29) is 11.3 Å².